The van der Waals surface area contributed by atoms with Gasteiger partial charge in [-0.25, -0.2) is 4.79 Å². The first-order valence-corrected chi connectivity index (χ1v) is 13.2. The van der Waals surface area contributed by atoms with E-state index in [1.807, 2.05) is 30.3 Å². The summed E-state index contributed by atoms with van der Waals surface area (Å²) in [6.45, 7) is 3.26. The number of aromatic nitrogens is 3. The molecule has 1 aromatic carbocycles. The zero-order valence-electron chi connectivity index (χ0n) is 22.2. The van der Waals surface area contributed by atoms with Crippen molar-refractivity contribution in [3.63, 3.8) is 0 Å². The Hall–Kier alpha value is -4.24. The number of aromatic carboxylic acids is 1. The number of aryl methyl sites for hydroxylation is 1. The van der Waals surface area contributed by atoms with Crippen LogP contribution in [-0.4, -0.2) is 56.3 Å². The Morgan fingerprint density at radius 2 is 1.90 bits per heavy atom. The molecule has 4 rings (SSSR count). The number of pyridine rings is 1. The molecule has 3 heterocycles. The summed E-state index contributed by atoms with van der Waals surface area (Å²) in [6.07, 6.45) is 7.78. The highest BCUT2D eigenvalue weighted by Crippen LogP contribution is 2.21. The molecule has 3 aromatic rings. The molecule has 1 aliphatic rings. The standard InChI is InChI=1S/C30H35N5O4/c1-34-16-6-3-2-4-12-28(33-34)29(36)32-25-13-14-26(31-20-25)21-35-17-7-5-9-23(15-18-35)22-39-27-11-8-10-24(19-27)30(37)38/h2-4,6,8,10-14,16,19-20,23H,5,7,9,15,17-18,21-22H2,1H3,(H,32,36)(H,37,38). The summed E-state index contributed by atoms with van der Waals surface area (Å²) in [5.74, 6) is -0.250. The second-order valence-electron chi connectivity index (χ2n) is 9.71. The maximum atomic E-state index is 12.7. The molecular formula is C30H35N5O4. The second-order valence-corrected chi connectivity index (χ2v) is 9.71. The lowest BCUT2D eigenvalue weighted by Crippen LogP contribution is -2.30. The molecule has 1 atom stereocenters. The van der Waals surface area contributed by atoms with Gasteiger partial charge in [-0.05, 0) is 80.7 Å². The van der Waals surface area contributed by atoms with Gasteiger partial charge in [-0.15, -0.1) is 0 Å². The van der Waals surface area contributed by atoms with Crippen LogP contribution >= 0.6 is 0 Å². The molecule has 9 nitrogen and oxygen atoms in total. The van der Waals surface area contributed by atoms with Crippen LogP contribution in [0.5, 0.6) is 5.75 Å². The number of amides is 1. The van der Waals surface area contributed by atoms with Gasteiger partial charge in [0.25, 0.3) is 5.91 Å². The van der Waals surface area contributed by atoms with E-state index in [4.69, 9.17) is 4.74 Å². The van der Waals surface area contributed by atoms with E-state index in [1.165, 1.54) is 0 Å². The quantitative estimate of drug-likeness (QED) is 0.424. The highest BCUT2D eigenvalue weighted by molar-refractivity contribution is 6.02. The minimum atomic E-state index is -0.953. The first-order chi connectivity index (χ1) is 19.0. The lowest BCUT2D eigenvalue weighted by atomic mass is 9.96. The smallest absolute Gasteiger partial charge is 0.335 e. The van der Waals surface area contributed by atoms with E-state index in [2.05, 4.69) is 20.3 Å². The number of likely N-dealkylation sites (tertiary alicyclic amines) is 1. The highest BCUT2D eigenvalue weighted by atomic mass is 16.5. The molecular weight excluding hydrogens is 494 g/mol. The van der Waals surface area contributed by atoms with Crippen LogP contribution in [0, 0.1) is 5.92 Å². The van der Waals surface area contributed by atoms with Crippen molar-refractivity contribution in [2.24, 2.45) is 13.0 Å². The SMILES string of the molecule is Cn1ccccccc(C(=O)Nc2ccc(CN3CCCCC(COc4cccc(C(=O)O)c4)CC3)nc2)n1. The van der Waals surface area contributed by atoms with E-state index in [-0.39, 0.29) is 11.5 Å². The minimum Gasteiger partial charge on any atom is -0.493 e. The number of nitrogens with one attached hydrogen (secondary N) is 1. The third-order valence-corrected chi connectivity index (χ3v) is 6.61. The topological polar surface area (TPSA) is 110 Å². The van der Waals surface area contributed by atoms with E-state index in [9.17, 15) is 14.7 Å². The zero-order valence-corrected chi connectivity index (χ0v) is 22.2. The summed E-state index contributed by atoms with van der Waals surface area (Å²) in [4.78, 5) is 30.9. The second kappa shape index (κ2) is 14.1. The minimum absolute atomic E-state index is 0.234. The van der Waals surface area contributed by atoms with Crippen LogP contribution in [0.15, 0.2) is 79.1 Å². The Kier molecular flexibility index (Phi) is 10.0. The number of nitrogens with zero attached hydrogens (tertiary/aromatic N) is 4. The van der Waals surface area contributed by atoms with Crippen molar-refractivity contribution in [3.05, 3.63) is 96.1 Å². The molecule has 1 aliphatic heterocycles. The van der Waals surface area contributed by atoms with Gasteiger partial charge in [0.2, 0.25) is 0 Å². The largest absolute Gasteiger partial charge is 0.493 e. The van der Waals surface area contributed by atoms with Gasteiger partial charge < -0.3 is 15.2 Å². The fraction of sp³-hybridized carbons (Fsp3) is 0.333. The van der Waals surface area contributed by atoms with E-state index in [0.717, 1.165) is 51.0 Å². The number of carboxylic acid groups (broad SMARTS) is 1. The first-order valence-electron chi connectivity index (χ1n) is 13.2. The lowest BCUT2D eigenvalue weighted by Gasteiger charge is -2.28. The van der Waals surface area contributed by atoms with Gasteiger partial charge in [-0.2, -0.15) is 5.10 Å². The molecule has 9 heteroatoms. The number of rotatable bonds is 8. The normalized spacial score (nSPS) is 15.9. The van der Waals surface area contributed by atoms with Gasteiger partial charge in [0.1, 0.15) is 11.4 Å². The summed E-state index contributed by atoms with van der Waals surface area (Å²) in [5.41, 5.74) is 2.09. The summed E-state index contributed by atoms with van der Waals surface area (Å²) in [7, 11) is 1.77. The number of carbonyl (C=O) groups excluding carboxylic acids is 1. The number of carboxylic acids is 1. The number of anilines is 1. The Labute approximate surface area is 228 Å². The van der Waals surface area contributed by atoms with Crippen molar-refractivity contribution in [2.75, 3.05) is 25.0 Å². The van der Waals surface area contributed by atoms with Crippen molar-refractivity contribution in [1.29, 1.82) is 0 Å². The maximum Gasteiger partial charge on any atom is 0.335 e. The molecule has 2 N–H and O–H groups in total. The number of hydrogen-bond donors (Lipinski definition) is 2. The molecule has 1 saturated heterocycles. The predicted octanol–water partition coefficient (Wildman–Crippen LogP) is 4.96. The lowest BCUT2D eigenvalue weighted by molar-refractivity contribution is 0.0696. The summed E-state index contributed by atoms with van der Waals surface area (Å²) >= 11 is 0. The third kappa shape index (κ3) is 8.93. The molecule has 0 saturated carbocycles. The van der Waals surface area contributed by atoms with Crippen LogP contribution in [-0.2, 0) is 13.6 Å². The van der Waals surface area contributed by atoms with E-state index >= 15 is 0 Å². The van der Waals surface area contributed by atoms with Gasteiger partial charge in [-0.3, -0.25) is 19.4 Å². The van der Waals surface area contributed by atoms with Crippen molar-refractivity contribution in [2.45, 2.75) is 32.2 Å². The Bertz CT molecular complexity index is 1310. The number of ether oxygens (including phenoxy) is 1. The summed E-state index contributed by atoms with van der Waals surface area (Å²) in [5, 5.41) is 16.4. The fourth-order valence-corrected chi connectivity index (χ4v) is 4.47. The monoisotopic (exact) mass is 529 g/mol. The van der Waals surface area contributed by atoms with Crippen LogP contribution < -0.4 is 10.1 Å². The van der Waals surface area contributed by atoms with Gasteiger partial charge in [0.05, 0.1) is 29.7 Å². The van der Waals surface area contributed by atoms with E-state index in [0.29, 0.717) is 29.7 Å². The molecule has 204 valence electrons. The fourth-order valence-electron chi connectivity index (χ4n) is 4.47. The Morgan fingerprint density at radius 1 is 1.03 bits per heavy atom. The van der Waals surface area contributed by atoms with Crippen molar-refractivity contribution in [3.8, 4) is 5.75 Å². The van der Waals surface area contributed by atoms with Crippen LogP contribution in [0.25, 0.3) is 0 Å². The summed E-state index contributed by atoms with van der Waals surface area (Å²) < 4.78 is 7.54. The van der Waals surface area contributed by atoms with Crippen LogP contribution in [0.2, 0.25) is 0 Å². The average molecular weight is 530 g/mol. The number of benzene rings is 1. The molecule has 1 fully saturated rings. The third-order valence-electron chi connectivity index (χ3n) is 6.61. The maximum absolute atomic E-state index is 12.7. The molecule has 0 bridgehead atoms. The molecule has 39 heavy (non-hydrogen) atoms. The molecule has 2 aromatic heterocycles. The van der Waals surface area contributed by atoms with Crippen LogP contribution in [0.4, 0.5) is 5.69 Å². The summed E-state index contributed by atoms with van der Waals surface area (Å²) in [6, 6.07) is 19.5. The first kappa shape index (κ1) is 27.8. The average Bonchev–Trinajstić information content (AvgIpc) is 3.03. The zero-order chi connectivity index (χ0) is 27.5. The van der Waals surface area contributed by atoms with Gasteiger partial charge in [-0.1, -0.05) is 30.7 Å². The highest BCUT2D eigenvalue weighted by Gasteiger charge is 2.17. The molecule has 1 unspecified atom stereocenters. The van der Waals surface area contributed by atoms with Crippen LogP contribution in [0.1, 0.15) is 52.2 Å². The Morgan fingerprint density at radius 3 is 2.72 bits per heavy atom. The number of carbonyl (C=O) groups is 2. The molecule has 0 radical (unpaired) electrons. The van der Waals surface area contributed by atoms with E-state index < -0.39 is 5.97 Å². The number of hydrogen-bond acceptors (Lipinski definition) is 6. The van der Waals surface area contributed by atoms with Gasteiger partial charge >= 0.3 is 5.97 Å². The van der Waals surface area contributed by atoms with Crippen LogP contribution in [0.3, 0.4) is 0 Å². The van der Waals surface area contributed by atoms with Crippen molar-refractivity contribution >= 4 is 17.6 Å². The molecule has 0 spiro atoms. The Balaban J connectivity index is 1.29. The van der Waals surface area contributed by atoms with Gasteiger partial charge in [0.15, 0.2) is 0 Å². The molecule has 0 aliphatic carbocycles. The predicted molar refractivity (Wildman–Crippen MR) is 149 cm³/mol. The van der Waals surface area contributed by atoms with Gasteiger partial charge in [0, 0.05) is 19.8 Å². The van der Waals surface area contributed by atoms with E-state index in [1.54, 1.807) is 60.5 Å². The van der Waals surface area contributed by atoms with Crippen molar-refractivity contribution < 1.29 is 19.4 Å². The molecule has 1 amide bonds. The van der Waals surface area contributed by atoms with Crippen molar-refractivity contribution in [1.82, 2.24) is 19.7 Å².